The van der Waals surface area contributed by atoms with Crippen molar-refractivity contribution in [1.29, 1.82) is 0 Å². The quantitative estimate of drug-likeness (QED) is 0.358. The van der Waals surface area contributed by atoms with Crippen molar-refractivity contribution < 1.29 is 23.7 Å². The van der Waals surface area contributed by atoms with Gasteiger partial charge in [-0.1, -0.05) is 6.42 Å². The molecule has 0 rings (SSSR count). The molecule has 2 N–H and O–H groups in total. The van der Waals surface area contributed by atoms with Gasteiger partial charge in [-0.15, -0.1) is 0 Å². The van der Waals surface area contributed by atoms with Crippen LogP contribution in [0.25, 0.3) is 0 Å². The molecule has 0 aliphatic carbocycles. The molecule has 0 aromatic carbocycles. The lowest BCUT2D eigenvalue weighted by molar-refractivity contribution is -0.107. The normalized spacial score (nSPS) is 11.5. The lowest BCUT2D eigenvalue weighted by atomic mass is 10.2. The van der Waals surface area contributed by atoms with Gasteiger partial charge in [0.05, 0.1) is 6.61 Å². The second-order valence-electron chi connectivity index (χ2n) is 2.34. The van der Waals surface area contributed by atoms with E-state index in [4.69, 9.17) is 9.79 Å². The van der Waals surface area contributed by atoms with Crippen molar-refractivity contribution in [3.05, 3.63) is 0 Å². The summed E-state index contributed by atoms with van der Waals surface area (Å²) in [5, 5.41) is 0. The summed E-state index contributed by atoms with van der Waals surface area (Å²) < 4.78 is 14.3. The Morgan fingerprint density at radius 2 is 1.92 bits per heavy atom. The number of hydrogen-bond donors (Lipinski definition) is 2. The Bertz CT molecular complexity index is 163. The maximum Gasteiger partial charge on any atom is 0.469 e. The summed E-state index contributed by atoms with van der Waals surface area (Å²) >= 11 is 0. The molecule has 72 valence electrons. The van der Waals surface area contributed by atoms with Gasteiger partial charge >= 0.3 is 7.82 Å². The van der Waals surface area contributed by atoms with E-state index in [0.29, 0.717) is 12.8 Å². The number of phosphoric ester groups is 1. The first-order valence-electron chi connectivity index (χ1n) is 3.70. The van der Waals surface area contributed by atoms with Gasteiger partial charge in [0, 0.05) is 6.42 Å². The minimum atomic E-state index is -4.29. The molecule has 0 aromatic heterocycles. The Labute approximate surface area is 71.0 Å². The van der Waals surface area contributed by atoms with Crippen molar-refractivity contribution in [2.45, 2.75) is 25.7 Å². The van der Waals surface area contributed by atoms with E-state index in [9.17, 15) is 9.36 Å². The zero-order chi connectivity index (χ0) is 9.45. The molecule has 5 nitrogen and oxygen atoms in total. The minimum absolute atomic E-state index is 0.0448. The van der Waals surface area contributed by atoms with Crippen molar-refractivity contribution in [1.82, 2.24) is 0 Å². The Morgan fingerprint density at radius 1 is 1.25 bits per heavy atom. The van der Waals surface area contributed by atoms with Gasteiger partial charge in [-0.25, -0.2) is 4.57 Å². The first-order valence-corrected chi connectivity index (χ1v) is 5.23. The van der Waals surface area contributed by atoms with Gasteiger partial charge in [0.25, 0.3) is 0 Å². The maximum atomic E-state index is 10.1. The molecule has 0 saturated carbocycles. The topological polar surface area (TPSA) is 83.8 Å². The van der Waals surface area contributed by atoms with Crippen molar-refractivity contribution in [3.8, 4) is 0 Å². The van der Waals surface area contributed by atoms with Crippen molar-refractivity contribution in [3.63, 3.8) is 0 Å². The smallest absolute Gasteiger partial charge is 0.303 e. The predicted molar refractivity (Wildman–Crippen MR) is 42.5 cm³/mol. The van der Waals surface area contributed by atoms with E-state index in [0.717, 1.165) is 19.1 Å². The van der Waals surface area contributed by atoms with Crippen LogP contribution in [0.2, 0.25) is 0 Å². The van der Waals surface area contributed by atoms with Crippen LogP contribution in [-0.2, 0) is 13.9 Å². The van der Waals surface area contributed by atoms with Gasteiger partial charge < -0.3 is 14.6 Å². The Balaban J connectivity index is 3.11. The molecule has 0 aliphatic heterocycles. The van der Waals surface area contributed by atoms with Crippen molar-refractivity contribution >= 4 is 14.1 Å². The van der Waals surface area contributed by atoms with Gasteiger partial charge in [0.15, 0.2) is 0 Å². The van der Waals surface area contributed by atoms with E-state index >= 15 is 0 Å². The van der Waals surface area contributed by atoms with E-state index in [1.807, 2.05) is 0 Å². The highest BCUT2D eigenvalue weighted by atomic mass is 31.2. The maximum absolute atomic E-state index is 10.1. The Hall–Kier alpha value is -0.220. The third-order valence-electron chi connectivity index (χ3n) is 1.23. The largest absolute Gasteiger partial charge is 0.469 e. The molecule has 0 aromatic rings. The molecule has 0 radical (unpaired) electrons. The third kappa shape index (κ3) is 9.78. The third-order valence-corrected chi connectivity index (χ3v) is 1.74. The molecule has 0 aliphatic rings. The molecule has 12 heavy (non-hydrogen) atoms. The average Bonchev–Trinajstić information content (AvgIpc) is 1.94. The van der Waals surface area contributed by atoms with Gasteiger partial charge in [-0.05, 0) is 12.8 Å². The molecular weight excluding hydrogens is 183 g/mol. The first-order chi connectivity index (χ1) is 5.56. The fraction of sp³-hybridized carbons (Fsp3) is 0.833. The number of hydrogen-bond acceptors (Lipinski definition) is 3. The second-order valence-corrected chi connectivity index (χ2v) is 3.58. The SMILES string of the molecule is O=CCCCCCOP(=O)(O)O. The summed E-state index contributed by atoms with van der Waals surface area (Å²) in [5.74, 6) is 0. The molecule has 0 spiro atoms. The summed E-state index contributed by atoms with van der Waals surface area (Å²) in [4.78, 5) is 26.3. The van der Waals surface area contributed by atoms with Crippen LogP contribution in [0, 0.1) is 0 Å². The highest BCUT2D eigenvalue weighted by Gasteiger charge is 2.11. The van der Waals surface area contributed by atoms with Gasteiger partial charge in [-0.3, -0.25) is 4.52 Å². The predicted octanol–water partition coefficient (Wildman–Crippen LogP) is 0.855. The van der Waals surface area contributed by atoms with Crippen LogP contribution >= 0.6 is 7.82 Å². The molecule has 0 unspecified atom stereocenters. The van der Waals surface area contributed by atoms with E-state index in [-0.39, 0.29) is 6.61 Å². The van der Waals surface area contributed by atoms with Crippen LogP contribution in [0.5, 0.6) is 0 Å². The van der Waals surface area contributed by atoms with Crippen LogP contribution in [0.15, 0.2) is 0 Å². The zero-order valence-corrected chi connectivity index (χ0v) is 7.57. The Morgan fingerprint density at radius 3 is 2.42 bits per heavy atom. The standard InChI is InChI=1S/C6H13O5P/c7-5-3-1-2-4-6-11-12(8,9)10/h5H,1-4,6H2,(H2,8,9,10). The minimum Gasteiger partial charge on any atom is -0.303 e. The summed E-state index contributed by atoms with van der Waals surface area (Å²) in [6.45, 7) is 0.0448. The van der Waals surface area contributed by atoms with E-state index in [1.54, 1.807) is 0 Å². The Kier molecular flexibility index (Phi) is 6.20. The highest BCUT2D eigenvalue weighted by molar-refractivity contribution is 7.46. The number of rotatable bonds is 7. The van der Waals surface area contributed by atoms with Crippen LogP contribution in [-0.4, -0.2) is 22.7 Å². The molecule has 0 amide bonds. The van der Waals surface area contributed by atoms with Gasteiger partial charge in [0.1, 0.15) is 6.29 Å². The van der Waals surface area contributed by atoms with Crippen LogP contribution in [0.3, 0.4) is 0 Å². The molecule has 0 bridgehead atoms. The number of aldehydes is 1. The average molecular weight is 196 g/mol. The monoisotopic (exact) mass is 196 g/mol. The lowest BCUT2D eigenvalue weighted by Gasteiger charge is -2.03. The zero-order valence-electron chi connectivity index (χ0n) is 6.68. The van der Waals surface area contributed by atoms with Crippen LogP contribution in [0.1, 0.15) is 25.7 Å². The molecule has 6 heteroatoms. The lowest BCUT2D eigenvalue weighted by Crippen LogP contribution is -1.92. The highest BCUT2D eigenvalue weighted by Crippen LogP contribution is 2.35. The number of phosphoric acid groups is 1. The van der Waals surface area contributed by atoms with Crippen molar-refractivity contribution in [2.75, 3.05) is 6.61 Å². The molecule has 0 saturated heterocycles. The molecular formula is C6H13O5P. The van der Waals surface area contributed by atoms with Gasteiger partial charge in [0.2, 0.25) is 0 Å². The van der Waals surface area contributed by atoms with E-state index in [2.05, 4.69) is 4.52 Å². The summed E-state index contributed by atoms with van der Waals surface area (Å²) in [5.41, 5.74) is 0. The second kappa shape index (κ2) is 6.31. The summed E-state index contributed by atoms with van der Waals surface area (Å²) in [6, 6.07) is 0. The van der Waals surface area contributed by atoms with Crippen LogP contribution < -0.4 is 0 Å². The fourth-order valence-electron chi connectivity index (χ4n) is 0.690. The van der Waals surface area contributed by atoms with Crippen LogP contribution in [0.4, 0.5) is 0 Å². The van der Waals surface area contributed by atoms with Gasteiger partial charge in [-0.2, -0.15) is 0 Å². The van der Waals surface area contributed by atoms with E-state index < -0.39 is 7.82 Å². The summed E-state index contributed by atoms with van der Waals surface area (Å²) in [7, 11) is -4.29. The number of carbonyl (C=O) groups is 1. The first kappa shape index (κ1) is 11.8. The van der Waals surface area contributed by atoms with E-state index in [1.165, 1.54) is 0 Å². The number of carbonyl (C=O) groups excluding carboxylic acids is 1. The molecule has 0 atom stereocenters. The molecule has 0 fully saturated rings. The summed E-state index contributed by atoms with van der Waals surface area (Å²) in [6.07, 6.45) is 3.38. The van der Waals surface area contributed by atoms with Crippen molar-refractivity contribution in [2.24, 2.45) is 0 Å². The number of unbranched alkanes of at least 4 members (excludes halogenated alkanes) is 3. The molecule has 0 heterocycles. The fourth-order valence-corrected chi connectivity index (χ4v) is 1.06.